The molecule has 0 aliphatic carbocycles. The Morgan fingerprint density at radius 2 is 1.91 bits per heavy atom. The number of nitrogens with one attached hydrogen (secondary N) is 2. The second kappa shape index (κ2) is 7.16. The van der Waals surface area contributed by atoms with Crippen LogP contribution in [0.25, 0.3) is 0 Å². The Morgan fingerprint density at radius 1 is 1.18 bits per heavy atom. The van der Waals surface area contributed by atoms with Crippen molar-refractivity contribution in [3.63, 3.8) is 0 Å². The number of phenolic OH excluding ortho intramolecular Hbond substituents is 1. The number of phenols is 1. The molecular formula is C16H12ClN3O2. The summed E-state index contributed by atoms with van der Waals surface area (Å²) in [5.74, 6) is -0.547. The second-order valence-electron chi connectivity index (χ2n) is 4.33. The number of nitriles is 1. The molecule has 110 valence electrons. The Labute approximate surface area is 132 Å². The quantitative estimate of drug-likeness (QED) is 0.595. The molecule has 6 heteroatoms. The SMILES string of the molecule is N#C/C(=C/Nc1ccc(Cl)cc1)C(=O)Nc1cccc(O)c1. The predicted molar refractivity (Wildman–Crippen MR) is 85.5 cm³/mol. The lowest BCUT2D eigenvalue weighted by molar-refractivity contribution is -0.112. The van der Waals surface area contributed by atoms with E-state index in [2.05, 4.69) is 10.6 Å². The number of hydrogen-bond donors (Lipinski definition) is 3. The third-order valence-electron chi connectivity index (χ3n) is 2.70. The Bertz CT molecular complexity index is 749. The van der Waals surface area contributed by atoms with E-state index in [9.17, 15) is 9.90 Å². The van der Waals surface area contributed by atoms with Crippen molar-refractivity contribution in [3.8, 4) is 11.8 Å². The molecule has 0 unspecified atom stereocenters. The molecular weight excluding hydrogens is 302 g/mol. The molecule has 0 bridgehead atoms. The molecule has 0 radical (unpaired) electrons. The number of hydrogen-bond acceptors (Lipinski definition) is 4. The number of nitrogens with zero attached hydrogens (tertiary/aromatic N) is 1. The van der Waals surface area contributed by atoms with E-state index in [0.29, 0.717) is 16.4 Å². The lowest BCUT2D eigenvalue weighted by atomic mass is 10.2. The van der Waals surface area contributed by atoms with Gasteiger partial charge in [0.1, 0.15) is 17.4 Å². The van der Waals surface area contributed by atoms with E-state index >= 15 is 0 Å². The van der Waals surface area contributed by atoms with Crippen molar-refractivity contribution in [1.29, 1.82) is 5.26 Å². The van der Waals surface area contributed by atoms with Gasteiger partial charge < -0.3 is 15.7 Å². The number of halogens is 1. The van der Waals surface area contributed by atoms with Crippen LogP contribution in [0.2, 0.25) is 5.02 Å². The first-order valence-electron chi connectivity index (χ1n) is 6.31. The minimum absolute atomic E-state index is 0.0274. The van der Waals surface area contributed by atoms with Crippen LogP contribution in [-0.4, -0.2) is 11.0 Å². The fourth-order valence-electron chi connectivity index (χ4n) is 1.63. The Kier molecular flexibility index (Phi) is 5.02. The maximum Gasteiger partial charge on any atom is 0.267 e. The molecule has 0 spiro atoms. The van der Waals surface area contributed by atoms with Crippen molar-refractivity contribution in [2.45, 2.75) is 0 Å². The van der Waals surface area contributed by atoms with Crippen LogP contribution in [0.4, 0.5) is 11.4 Å². The monoisotopic (exact) mass is 313 g/mol. The molecule has 2 rings (SSSR count). The van der Waals surface area contributed by atoms with Crippen LogP contribution in [0.15, 0.2) is 60.3 Å². The molecule has 0 fully saturated rings. The van der Waals surface area contributed by atoms with Gasteiger partial charge in [-0.05, 0) is 36.4 Å². The highest BCUT2D eigenvalue weighted by Crippen LogP contribution is 2.16. The van der Waals surface area contributed by atoms with E-state index in [4.69, 9.17) is 16.9 Å². The minimum Gasteiger partial charge on any atom is -0.508 e. The third-order valence-corrected chi connectivity index (χ3v) is 2.95. The summed E-state index contributed by atoms with van der Waals surface area (Å²) in [6, 6.07) is 14.7. The zero-order valence-corrected chi connectivity index (χ0v) is 12.1. The molecule has 0 aromatic heterocycles. The van der Waals surface area contributed by atoms with E-state index in [1.807, 2.05) is 6.07 Å². The zero-order chi connectivity index (χ0) is 15.9. The van der Waals surface area contributed by atoms with Crippen molar-refractivity contribution < 1.29 is 9.90 Å². The smallest absolute Gasteiger partial charge is 0.267 e. The zero-order valence-electron chi connectivity index (χ0n) is 11.4. The highest BCUT2D eigenvalue weighted by molar-refractivity contribution is 6.30. The standard InChI is InChI=1S/C16H12ClN3O2/c17-12-4-6-13(7-5-12)19-10-11(9-18)16(22)20-14-2-1-3-15(21)8-14/h1-8,10,19,21H,(H,20,22)/b11-10-. The first-order chi connectivity index (χ1) is 10.6. The summed E-state index contributed by atoms with van der Waals surface area (Å²) in [6.07, 6.45) is 1.31. The van der Waals surface area contributed by atoms with E-state index < -0.39 is 5.91 Å². The molecule has 0 aliphatic rings. The van der Waals surface area contributed by atoms with Gasteiger partial charge in [0.2, 0.25) is 0 Å². The molecule has 22 heavy (non-hydrogen) atoms. The lowest BCUT2D eigenvalue weighted by Gasteiger charge is -2.05. The van der Waals surface area contributed by atoms with Crippen molar-refractivity contribution in [2.75, 3.05) is 10.6 Å². The lowest BCUT2D eigenvalue weighted by Crippen LogP contribution is -2.14. The van der Waals surface area contributed by atoms with Gasteiger partial charge in [0.25, 0.3) is 5.91 Å². The molecule has 0 saturated heterocycles. The van der Waals surface area contributed by atoms with Gasteiger partial charge in [-0.25, -0.2) is 0 Å². The first kappa shape index (κ1) is 15.4. The number of rotatable bonds is 4. The summed E-state index contributed by atoms with van der Waals surface area (Å²) in [4.78, 5) is 12.0. The average Bonchev–Trinajstić information content (AvgIpc) is 2.49. The van der Waals surface area contributed by atoms with Gasteiger partial charge in [-0.2, -0.15) is 5.26 Å². The normalized spacial score (nSPS) is 10.6. The molecule has 1 amide bonds. The van der Waals surface area contributed by atoms with Crippen molar-refractivity contribution in [2.24, 2.45) is 0 Å². The summed E-state index contributed by atoms with van der Waals surface area (Å²) in [6.45, 7) is 0. The number of aromatic hydroxyl groups is 1. The molecule has 5 nitrogen and oxygen atoms in total. The molecule has 0 atom stereocenters. The third kappa shape index (κ3) is 4.27. The van der Waals surface area contributed by atoms with Crippen LogP contribution in [-0.2, 0) is 4.79 Å². The topological polar surface area (TPSA) is 85.2 Å². The van der Waals surface area contributed by atoms with E-state index in [-0.39, 0.29) is 11.3 Å². The van der Waals surface area contributed by atoms with E-state index in [0.717, 1.165) is 0 Å². The molecule has 0 aliphatic heterocycles. The summed E-state index contributed by atoms with van der Waals surface area (Å²) in [7, 11) is 0. The largest absolute Gasteiger partial charge is 0.508 e. The average molecular weight is 314 g/mol. The van der Waals surface area contributed by atoms with E-state index in [1.54, 1.807) is 36.4 Å². The van der Waals surface area contributed by atoms with Gasteiger partial charge >= 0.3 is 0 Å². The number of carbonyl (C=O) groups excluding carboxylic acids is 1. The summed E-state index contributed by atoms with van der Waals surface area (Å²) < 4.78 is 0. The van der Waals surface area contributed by atoms with Crippen LogP contribution < -0.4 is 10.6 Å². The number of carbonyl (C=O) groups is 1. The van der Waals surface area contributed by atoms with Crippen molar-refractivity contribution >= 4 is 28.9 Å². The fourth-order valence-corrected chi connectivity index (χ4v) is 1.76. The van der Waals surface area contributed by atoms with Crippen LogP contribution in [0, 0.1) is 11.3 Å². The van der Waals surface area contributed by atoms with Crippen LogP contribution >= 0.6 is 11.6 Å². The van der Waals surface area contributed by atoms with Crippen LogP contribution in [0.1, 0.15) is 0 Å². The fraction of sp³-hybridized carbons (Fsp3) is 0. The Hall–Kier alpha value is -2.97. The van der Waals surface area contributed by atoms with Gasteiger partial charge in [0.15, 0.2) is 0 Å². The maximum absolute atomic E-state index is 12.0. The molecule has 0 heterocycles. The molecule has 0 saturated carbocycles. The summed E-state index contributed by atoms with van der Waals surface area (Å²) in [5.41, 5.74) is 0.998. The van der Waals surface area contributed by atoms with Gasteiger partial charge in [0.05, 0.1) is 0 Å². The summed E-state index contributed by atoms with van der Waals surface area (Å²) >= 11 is 5.78. The van der Waals surface area contributed by atoms with Gasteiger partial charge in [-0.1, -0.05) is 17.7 Å². The second-order valence-corrected chi connectivity index (χ2v) is 4.76. The van der Waals surface area contributed by atoms with Gasteiger partial charge in [0, 0.05) is 28.7 Å². The molecule has 2 aromatic carbocycles. The highest BCUT2D eigenvalue weighted by atomic mass is 35.5. The first-order valence-corrected chi connectivity index (χ1v) is 6.69. The van der Waals surface area contributed by atoms with Crippen LogP contribution in [0.3, 0.4) is 0 Å². The van der Waals surface area contributed by atoms with Gasteiger partial charge in [-0.3, -0.25) is 4.79 Å². The maximum atomic E-state index is 12.0. The number of amides is 1. The Balaban J connectivity index is 2.07. The number of anilines is 2. The van der Waals surface area contributed by atoms with Crippen molar-refractivity contribution in [3.05, 3.63) is 65.3 Å². The molecule has 2 aromatic rings. The highest BCUT2D eigenvalue weighted by Gasteiger charge is 2.09. The van der Waals surface area contributed by atoms with Crippen molar-refractivity contribution in [1.82, 2.24) is 0 Å². The number of benzene rings is 2. The Morgan fingerprint density at radius 3 is 2.55 bits per heavy atom. The van der Waals surface area contributed by atoms with Crippen LogP contribution in [0.5, 0.6) is 5.75 Å². The van der Waals surface area contributed by atoms with Gasteiger partial charge in [-0.15, -0.1) is 0 Å². The predicted octanol–water partition coefficient (Wildman–Crippen LogP) is 3.50. The van der Waals surface area contributed by atoms with E-state index in [1.165, 1.54) is 18.3 Å². The summed E-state index contributed by atoms with van der Waals surface area (Å²) in [5, 5.41) is 24.4. The molecule has 3 N–H and O–H groups in total. The minimum atomic E-state index is -0.574.